The van der Waals surface area contributed by atoms with E-state index in [4.69, 9.17) is 0 Å². The summed E-state index contributed by atoms with van der Waals surface area (Å²) >= 11 is 0. The third-order valence-corrected chi connectivity index (χ3v) is 4.27. The molecule has 3 nitrogen and oxygen atoms in total. The Bertz CT molecular complexity index is 1000. The molecular weight excluding hydrogens is 246 g/mol. The molecular formula is C17H13N3. The van der Waals surface area contributed by atoms with Gasteiger partial charge in [-0.15, -0.1) is 0 Å². The van der Waals surface area contributed by atoms with Gasteiger partial charge < -0.3 is 9.97 Å². The molecule has 2 aromatic carbocycles. The van der Waals surface area contributed by atoms with E-state index in [-0.39, 0.29) is 0 Å². The Labute approximate surface area is 115 Å². The molecule has 1 aliphatic heterocycles. The number of hydrogen-bond donors (Lipinski definition) is 2. The maximum absolute atomic E-state index is 4.50. The van der Waals surface area contributed by atoms with Crippen LogP contribution in [0.5, 0.6) is 0 Å². The summed E-state index contributed by atoms with van der Waals surface area (Å²) in [5.74, 6) is 1.03. The fourth-order valence-corrected chi connectivity index (χ4v) is 3.38. The van der Waals surface area contributed by atoms with E-state index in [1.165, 1.54) is 38.3 Å². The molecule has 0 amide bonds. The Balaban J connectivity index is 2.05. The lowest BCUT2D eigenvalue weighted by molar-refractivity contribution is 1.03. The fraction of sp³-hybridized carbons (Fsp3) is 0.118. The second kappa shape index (κ2) is 3.51. The standard InChI is InChI=1S/C17H13N3/c1-2-6-13-10(4-1)11-7-8-14-15(16(11)19-13)12-5-3-9-18-17(12)20-14/h1-2,4,6-9,19-20H,3,5H2. The molecule has 0 bridgehead atoms. The van der Waals surface area contributed by atoms with Crippen molar-refractivity contribution in [1.82, 2.24) is 9.97 Å². The highest BCUT2D eigenvalue weighted by Crippen LogP contribution is 2.38. The second-order valence-corrected chi connectivity index (χ2v) is 5.38. The van der Waals surface area contributed by atoms with Crippen LogP contribution >= 0.6 is 0 Å². The summed E-state index contributed by atoms with van der Waals surface area (Å²) in [6.07, 6.45) is 4.09. The Morgan fingerprint density at radius 2 is 1.85 bits per heavy atom. The average Bonchev–Trinajstić information content (AvgIpc) is 3.04. The Morgan fingerprint density at radius 3 is 2.85 bits per heavy atom. The number of aromatic amines is 2. The normalized spacial score (nSPS) is 14.4. The molecule has 0 atom stereocenters. The van der Waals surface area contributed by atoms with Crippen molar-refractivity contribution in [2.75, 3.05) is 0 Å². The smallest absolute Gasteiger partial charge is 0.133 e. The molecule has 2 aromatic heterocycles. The average molecular weight is 259 g/mol. The summed E-state index contributed by atoms with van der Waals surface area (Å²) in [6.45, 7) is 0. The number of para-hydroxylation sites is 1. The highest BCUT2D eigenvalue weighted by atomic mass is 14.9. The number of nitrogens with zero attached hydrogens (tertiary/aromatic N) is 1. The first-order valence-electron chi connectivity index (χ1n) is 6.98. The minimum atomic E-state index is 1.02. The van der Waals surface area contributed by atoms with E-state index < -0.39 is 0 Å². The van der Waals surface area contributed by atoms with E-state index in [9.17, 15) is 0 Å². The van der Waals surface area contributed by atoms with Crippen molar-refractivity contribution in [3.8, 4) is 0 Å². The van der Waals surface area contributed by atoms with Gasteiger partial charge in [0.2, 0.25) is 0 Å². The van der Waals surface area contributed by atoms with Gasteiger partial charge in [-0.2, -0.15) is 0 Å². The monoisotopic (exact) mass is 259 g/mol. The molecule has 1 aliphatic rings. The molecule has 3 heterocycles. The van der Waals surface area contributed by atoms with Crippen LogP contribution in [-0.4, -0.2) is 16.2 Å². The molecule has 0 saturated heterocycles. The summed E-state index contributed by atoms with van der Waals surface area (Å²) in [6, 6.07) is 12.9. The van der Waals surface area contributed by atoms with Crippen LogP contribution in [0.2, 0.25) is 0 Å². The predicted molar refractivity (Wildman–Crippen MR) is 84.1 cm³/mol. The summed E-state index contributed by atoms with van der Waals surface area (Å²) in [5, 5.41) is 3.90. The quantitative estimate of drug-likeness (QED) is 0.468. The lowest BCUT2D eigenvalue weighted by Crippen LogP contribution is -1.91. The maximum Gasteiger partial charge on any atom is 0.133 e. The number of aryl methyl sites for hydroxylation is 1. The number of H-pyrrole nitrogens is 2. The number of nitrogens with one attached hydrogen (secondary N) is 2. The van der Waals surface area contributed by atoms with Gasteiger partial charge in [-0.1, -0.05) is 24.3 Å². The first kappa shape index (κ1) is 10.3. The van der Waals surface area contributed by atoms with Gasteiger partial charge in [-0.25, -0.2) is 4.99 Å². The molecule has 0 saturated carbocycles. The van der Waals surface area contributed by atoms with Crippen molar-refractivity contribution >= 4 is 44.7 Å². The molecule has 3 heteroatoms. The van der Waals surface area contributed by atoms with E-state index in [0.29, 0.717) is 0 Å². The van der Waals surface area contributed by atoms with Gasteiger partial charge in [-0.3, -0.25) is 0 Å². The Hall–Kier alpha value is -2.55. The van der Waals surface area contributed by atoms with Crippen molar-refractivity contribution in [2.45, 2.75) is 12.8 Å². The van der Waals surface area contributed by atoms with Crippen molar-refractivity contribution in [3.63, 3.8) is 0 Å². The predicted octanol–water partition coefficient (Wildman–Crippen LogP) is 4.45. The summed E-state index contributed by atoms with van der Waals surface area (Å²) in [4.78, 5) is 11.5. The van der Waals surface area contributed by atoms with E-state index in [2.05, 4.69) is 51.4 Å². The molecule has 96 valence electrons. The van der Waals surface area contributed by atoms with Crippen LogP contribution in [0.4, 0.5) is 5.82 Å². The first-order valence-corrected chi connectivity index (χ1v) is 6.98. The number of rotatable bonds is 0. The highest BCUT2D eigenvalue weighted by Gasteiger charge is 2.17. The van der Waals surface area contributed by atoms with Crippen molar-refractivity contribution < 1.29 is 0 Å². The second-order valence-electron chi connectivity index (χ2n) is 5.38. The van der Waals surface area contributed by atoms with Crippen molar-refractivity contribution in [2.24, 2.45) is 4.99 Å². The Kier molecular flexibility index (Phi) is 1.80. The minimum absolute atomic E-state index is 1.02. The number of fused-ring (bicyclic) bond motifs is 7. The SMILES string of the molecule is C1=Nc2[nH]c3ccc4c5ccccc5[nH]c4c3c2CC1. The molecule has 5 rings (SSSR count). The number of hydrogen-bond acceptors (Lipinski definition) is 1. The van der Waals surface area contributed by atoms with Gasteiger partial charge in [0.25, 0.3) is 0 Å². The minimum Gasteiger partial charge on any atom is -0.354 e. The van der Waals surface area contributed by atoms with Crippen LogP contribution in [0.25, 0.3) is 32.7 Å². The van der Waals surface area contributed by atoms with E-state index >= 15 is 0 Å². The summed E-state index contributed by atoms with van der Waals surface area (Å²) in [5.41, 5.74) is 4.95. The lowest BCUT2D eigenvalue weighted by Gasteiger charge is -2.04. The fourth-order valence-electron chi connectivity index (χ4n) is 3.38. The van der Waals surface area contributed by atoms with Crippen LogP contribution in [0.3, 0.4) is 0 Å². The molecule has 0 fully saturated rings. The molecule has 0 unspecified atom stereocenters. The third kappa shape index (κ3) is 1.17. The van der Waals surface area contributed by atoms with Crippen LogP contribution < -0.4 is 0 Å². The third-order valence-electron chi connectivity index (χ3n) is 4.27. The summed E-state index contributed by atoms with van der Waals surface area (Å²) in [7, 11) is 0. The summed E-state index contributed by atoms with van der Waals surface area (Å²) < 4.78 is 0. The zero-order valence-electron chi connectivity index (χ0n) is 10.9. The molecule has 0 aliphatic carbocycles. The van der Waals surface area contributed by atoms with Crippen LogP contribution in [-0.2, 0) is 6.42 Å². The van der Waals surface area contributed by atoms with Gasteiger partial charge in [-0.05, 0) is 25.0 Å². The van der Waals surface area contributed by atoms with E-state index in [1.807, 2.05) is 6.21 Å². The van der Waals surface area contributed by atoms with Gasteiger partial charge in [0, 0.05) is 39.0 Å². The van der Waals surface area contributed by atoms with Gasteiger partial charge in [0.05, 0.1) is 5.52 Å². The number of aromatic nitrogens is 2. The van der Waals surface area contributed by atoms with E-state index in [0.717, 1.165) is 18.7 Å². The van der Waals surface area contributed by atoms with Crippen molar-refractivity contribution in [1.29, 1.82) is 0 Å². The lowest BCUT2D eigenvalue weighted by atomic mass is 10.0. The largest absolute Gasteiger partial charge is 0.354 e. The topological polar surface area (TPSA) is 43.9 Å². The number of benzene rings is 2. The van der Waals surface area contributed by atoms with Crippen LogP contribution in [0.15, 0.2) is 41.4 Å². The maximum atomic E-state index is 4.50. The zero-order valence-corrected chi connectivity index (χ0v) is 10.9. The molecule has 2 N–H and O–H groups in total. The van der Waals surface area contributed by atoms with Crippen LogP contribution in [0, 0.1) is 0 Å². The Morgan fingerprint density at radius 1 is 0.900 bits per heavy atom. The van der Waals surface area contributed by atoms with Gasteiger partial charge >= 0.3 is 0 Å². The van der Waals surface area contributed by atoms with Gasteiger partial charge in [0.1, 0.15) is 5.82 Å². The van der Waals surface area contributed by atoms with Crippen LogP contribution in [0.1, 0.15) is 12.0 Å². The zero-order chi connectivity index (χ0) is 13.1. The number of aliphatic imine (C=N–C) groups is 1. The molecule has 0 radical (unpaired) electrons. The molecule has 0 spiro atoms. The first-order chi connectivity index (χ1) is 9.92. The highest BCUT2D eigenvalue weighted by molar-refractivity contribution is 6.18. The van der Waals surface area contributed by atoms with E-state index in [1.54, 1.807) is 0 Å². The molecule has 20 heavy (non-hydrogen) atoms. The van der Waals surface area contributed by atoms with Gasteiger partial charge in [0.15, 0.2) is 0 Å². The van der Waals surface area contributed by atoms with Crippen molar-refractivity contribution in [3.05, 3.63) is 42.0 Å². The molecule has 4 aromatic rings.